The molecule has 0 saturated carbocycles. The smallest absolute Gasteiger partial charge is 0.407 e. The zero-order valence-corrected chi connectivity index (χ0v) is 24.6. The molecule has 9 heteroatoms. The molecular weight excluding hydrogens is 627 g/mol. The lowest BCUT2D eigenvalue weighted by atomic mass is 9.92. The summed E-state index contributed by atoms with van der Waals surface area (Å²) in [5.74, 6) is -1.14. The van der Waals surface area contributed by atoms with Crippen molar-refractivity contribution in [2.24, 2.45) is 5.92 Å². The molecule has 0 aromatic heterocycles. The number of benzene rings is 3. The molecule has 1 aliphatic heterocycles. The fourth-order valence-electron chi connectivity index (χ4n) is 5.51. The highest BCUT2D eigenvalue weighted by atomic mass is 127. The SMILES string of the molecule is CC(C)C(NC(=O)OCC1c2ccccc2-c2ccccc21)C(=O)N1Cc2ccccc2C[C@H]1C(=O)OSI. The zero-order valence-electron chi connectivity index (χ0n) is 21.6. The van der Waals surface area contributed by atoms with Crippen LogP contribution in [0.15, 0.2) is 72.8 Å². The van der Waals surface area contributed by atoms with E-state index in [0.29, 0.717) is 6.42 Å². The molecule has 1 unspecified atom stereocenters. The Bertz CT molecular complexity index is 1350. The maximum Gasteiger partial charge on any atom is 0.407 e. The summed E-state index contributed by atoms with van der Waals surface area (Å²) < 4.78 is 10.9. The molecule has 0 bridgehead atoms. The number of carbonyl (C=O) groups is 3. The van der Waals surface area contributed by atoms with Crippen LogP contribution in [-0.2, 0) is 31.5 Å². The monoisotopic (exact) mass is 656 g/mol. The highest BCUT2D eigenvalue weighted by Crippen LogP contribution is 2.44. The van der Waals surface area contributed by atoms with Crippen LogP contribution in [-0.4, -0.2) is 41.6 Å². The van der Waals surface area contributed by atoms with E-state index in [1.165, 1.54) is 4.90 Å². The third kappa shape index (κ3) is 5.65. The van der Waals surface area contributed by atoms with E-state index in [1.807, 2.05) is 83.6 Å². The molecule has 3 aromatic carbocycles. The van der Waals surface area contributed by atoms with Crippen molar-refractivity contribution in [1.29, 1.82) is 0 Å². The van der Waals surface area contributed by atoms with Gasteiger partial charge in [-0.15, -0.1) is 0 Å². The van der Waals surface area contributed by atoms with Crippen molar-refractivity contribution < 1.29 is 23.3 Å². The van der Waals surface area contributed by atoms with Gasteiger partial charge in [0.25, 0.3) is 0 Å². The van der Waals surface area contributed by atoms with Gasteiger partial charge in [-0.05, 0) is 39.3 Å². The van der Waals surface area contributed by atoms with Crippen LogP contribution in [0, 0.1) is 5.92 Å². The summed E-state index contributed by atoms with van der Waals surface area (Å²) in [5.41, 5.74) is 6.50. The van der Waals surface area contributed by atoms with Gasteiger partial charge in [-0.2, -0.15) is 0 Å². The number of carbonyl (C=O) groups excluding carboxylic acids is 3. The molecule has 0 saturated heterocycles. The van der Waals surface area contributed by atoms with E-state index in [1.54, 1.807) is 0 Å². The summed E-state index contributed by atoms with van der Waals surface area (Å²) in [6.45, 7) is 4.13. The first-order valence-corrected chi connectivity index (χ1v) is 16.1. The molecule has 0 fully saturated rings. The molecule has 1 N–H and O–H groups in total. The van der Waals surface area contributed by atoms with E-state index in [4.69, 9.17) is 8.92 Å². The Morgan fingerprint density at radius 1 is 0.949 bits per heavy atom. The second-order valence-electron chi connectivity index (χ2n) is 10.1. The topological polar surface area (TPSA) is 84.9 Å². The van der Waals surface area contributed by atoms with Crippen LogP contribution in [0.3, 0.4) is 0 Å². The van der Waals surface area contributed by atoms with Crippen LogP contribution in [0.25, 0.3) is 11.1 Å². The number of nitrogens with one attached hydrogen (secondary N) is 1. The Labute approximate surface area is 244 Å². The number of ether oxygens (including phenoxy) is 1. The molecule has 2 atom stereocenters. The number of rotatable bonds is 7. The second kappa shape index (κ2) is 12.0. The molecule has 1 heterocycles. The van der Waals surface area contributed by atoms with Crippen LogP contribution in [0.1, 0.15) is 42.0 Å². The number of fused-ring (bicyclic) bond motifs is 4. The summed E-state index contributed by atoms with van der Waals surface area (Å²) in [6.07, 6.45) is -0.309. The quantitative estimate of drug-likeness (QED) is 0.247. The molecule has 7 nitrogen and oxygen atoms in total. The first kappa shape index (κ1) is 27.5. The van der Waals surface area contributed by atoms with Gasteiger partial charge < -0.3 is 19.1 Å². The second-order valence-corrected chi connectivity index (χ2v) is 11.5. The standard InChI is InChI=1S/C30H29IN2O5S/c1-18(2)27(28(34)33-16-20-10-4-3-9-19(20)15-26(33)29(35)38-39-31)32-30(36)37-17-25-23-13-7-5-11-21(23)22-12-6-8-14-24(22)25/h3-14,18,25-27H,15-17H2,1-2H3,(H,32,36)/t26-,27?/m0/s1. The Morgan fingerprint density at radius 3 is 2.15 bits per heavy atom. The van der Waals surface area contributed by atoms with E-state index >= 15 is 0 Å². The number of amides is 2. The number of hydrogen-bond donors (Lipinski definition) is 1. The zero-order chi connectivity index (χ0) is 27.5. The average molecular weight is 657 g/mol. The first-order chi connectivity index (χ1) is 18.9. The fraction of sp³-hybridized carbons (Fsp3) is 0.300. The fourth-order valence-corrected chi connectivity index (χ4v) is 6.22. The molecule has 2 amide bonds. The molecule has 2 aliphatic rings. The number of alkyl carbamates (subject to hydrolysis) is 1. The summed E-state index contributed by atoms with van der Waals surface area (Å²) in [7, 11) is 0.925. The first-order valence-electron chi connectivity index (χ1n) is 12.9. The van der Waals surface area contributed by atoms with Gasteiger partial charge in [0.1, 0.15) is 27.9 Å². The highest BCUT2D eigenvalue weighted by Gasteiger charge is 2.40. The van der Waals surface area contributed by atoms with Gasteiger partial charge in [0, 0.05) is 40.1 Å². The van der Waals surface area contributed by atoms with E-state index in [-0.39, 0.29) is 30.9 Å². The molecule has 1 aliphatic carbocycles. The van der Waals surface area contributed by atoms with Crippen molar-refractivity contribution in [3.63, 3.8) is 0 Å². The number of nitrogens with zero attached hydrogens (tertiary/aromatic N) is 1. The van der Waals surface area contributed by atoms with Crippen molar-refractivity contribution in [2.75, 3.05) is 6.61 Å². The minimum Gasteiger partial charge on any atom is -0.449 e. The van der Waals surface area contributed by atoms with E-state index in [2.05, 4.69) is 29.6 Å². The van der Waals surface area contributed by atoms with E-state index < -0.39 is 24.1 Å². The van der Waals surface area contributed by atoms with Gasteiger partial charge in [0.15, 0.2) is 0 Å². The van der Waals surface area contributed by atoms with Crippen molar-refractivity contribution in [3.8, 4) is 11.1 Å². The normalized spacial score (nSPS) is 16.6. The molecule has 0 radical (unpaired) electrons. The highest BCUT2D eigenvalue weighted by molar-refractivity contribution is 14.2. The van der Waals surface area contributed by atoms with E-state index in [0.717, 1.165) is 42.6 Å². The Hall–Kier alpha value is -3.05. The molecule has 5 rings (SSSR count). The Balaban J connectivity index is 1.31. The van der Waals surface area contributed by atoms with E-state index in [9.17, 15) is 14.4 Å². The number of halogens is 1. The molecule has 39 heavy (non-hydrogen) atoms. The van der Waals surface area contributed by atoms with Gasteiger partial charge in [-0.25, -0.2) is 9.59 Å². The average Bonchev–Trinajstić information content (AvgIpc) is 3.27. The number of hydrogen-bond acceptors (Lipinski definition) is 6. The Morgan fingerprint density at radius 2 is 1.54 bits per heavy atom. The van der Waals surface area contributed by atoms with Crippen molar-refractivity contribution in [2.45, 2.75) is 44.8 Å². The predicted molar refractivity (Wildman–Crippen MR) is 159 cm³/mol. The van der Waals surface area contributed by atoms with Crippen molar-refractivity contribution in [1.82, 2.24) is 10.2 Å². The maximum atomic E-state index is 13.8. The molecule has 202 valence electrons. The van der Waals surface area contributed by atoms with Crippen LogP contribution >= 0.6 is 30.4 Å². The minimum atomic E-state index is -0.867. The van der Waals surface area contributed by atoms with Crippen LogP contribution < -0.4 is 5.32 Å². The summed E-state index contributed by atoms with van der Waals surface area (Å²) >= 11 is 1.89. The lowest BCUT2D eigenvalue weighted by molar-refractivity contribution is -0.150. The minimum absolute atomic E-state index is 0.0834. The predicted octanol–water partition coefficient (Wildman–Crippen LogP) is 6.04. The molecule has 3 aromatic rings. The van der Waals surface area contributed by atoms with Crippen LogP contribution in [0.4, 0.5) is 4.79 Å². The van der Waals surface area contributed by atoms with Crippen molar-refractivity contribution in [3.05, 3.63) is 95.1 Å². The maximum absolute atomic E-state index is 13.8. The summed E-state index contributed by atoms with van der Waals surface area (Å²) in [5, 5.41) is 2.79. The lowest BCUT2D eigenvalue weighted by Gasteiger charge is -2.38. The molecule has 0 spiro atoms. The van der Waals surface area contributed by atoms with Gasteiger partial charge >= 0.3 is 12.1 Å². The largest absolute Gasteiger partial charge is 0.449 e. The molecular formula is C30H29IN2O5S. The summed E-state index contributed by atoms with van der Waals surface area (Å²) in [6, 6.07) is 22.4. The van der Waals surface area contributed by atoms with Crippen molar-refractivity contribution >= 4 is 48.4 Å². The lowest BCUT2D eigenvalue weighted by Crippen LogP contribution is -2.57. The van der Waals surface area contributed by atoms with Gasteiger partial charge in [0.05, 0.1) is 0 Å². The van der Waals surface area contributed by atoms with Crippen LogP contribution in [0.5, 0.6) is 0 Å². The van der Waals surface area contributed by atoms with Gasteiger partial charge in [-0.3, -0.25) is 4.79 Å². The third-order valence-electron chi connectivity index (χ3n) is 7.47. The summed E-state index contributed by atoms with van der Waals surface area (Å²) in [4.78, 5) is 41.2. The van der Waals surface area contributed by atoms with Gasteiger partial charge in [-0.1, -0.05) is 86.6 Å². The van der Waals surface area contributed by atoms with Gasteiger partial charge in [0.2, 0.25) is 5.91 Å². The van der Waals surface area contributed by atoms with Crippen LogP contribution in [0.2, 0.25) is 0 Å². The third-order valence-corrected chi connectivity index (χ3v) is 8.23. The Kier molecular flexibility index (Phi) is 8.46.